The Hall–Kier alpha value is -4.07. The van der Waals surface area contributed by atoms with Crippen molar-refractivity contribution in [1.29, 1.82) is 0 Å². The summed E-state index contributed by atoms with van der Waals surface area (Å²) in [6, 6.07) is 5.05. The van der Waals surface area contributed by atoms with Crippen LogP contribution in [0.15, 0.2) is 47.5 Å². The van der Waals surface area contributed by atoms with E-state index >= 15 is 0 Å². The zero-order valence-electron chi connectivity index (χ0n) is 18.3. The summed E-state index contributed by atoms with van der Waals surface area (Å²) in [5.41, 5.74) is 0.331. The van der Waals surface area contributed by atoms with Gasteiger partial charge in [-0.05, 0) is 19.1 Å². The number of rotatable bonds is 9. The first kappa shape index (κ1) is 23.1. The van der Waals surface area contributed by atoms with Crippen LogP contribution in [0.5, 0.6) is 11.5 Å². The van der Waals surface area contributed by atoms with Gasteiger partial charge in [-0.15, -0.1) is 10.2 Å². The number of benzene rings is 1. The van der Waals surface area contributed by atoms with Gasteiger partial charge >= 0.3 is 0 Å². The molecule has 3 aromatic heterocycles. The lowest BCUT2D eigenvalue weighted by molar-refractivity contribution is 0.391. The summed E-state index contributed by atoms with van der Waals surface area (Å²) in [6.45, 7) is 1.47. The van der Waals surface area contributed by atoms with Crippen molar-refractivity contribution in [2.45, 2.75) is 18.6 Å². The minimum Gasteiger partial charge on any atom is -0.494 e. The minimum absolute atomic E-state index is 0.0612. The summed E-state index contributed by atoms with van der Waals surface area (Å²) in [4.78, 5) is 11.7. The molecular formula is C20H20FN7O5S. The fourth-order valence-electron chi connectivity index (χ4n) is 3.13. The predicted molar refractivity (Wildman–Crippen MR) is 118 cm³/mol. The summed E-state index contributed by atoms with van der Waals surface area (Å²) in [5.74, 6) is 0.338. The third-order valence-electron chi connectivity index (χ3n) is 4.82. The lowest BCUT2D eigenvalue weighted by atomic mass is 10.2. The molecular weight excluding hydrogens is 469 g/mol. The van der Waals surface area contributed by atoms with Gasteiger partial charge in [0.1, 0.15) is 29.3 Å². The van der Waals surface area contributed by atoms with Crippen LogP contribution in [-0.4, -0.2) is 57.6 Å². The molecule has 0 aliphatic heterocycles. The number of hydrogen-bond acceptors (Lipinski definition) is 10. The van der Waals surface area contributed by atoms with Gasteiger partial charge in [-0.25, -0.2) is 32.3 Å². The van der Waals surface area contributed by atoms with Crippen LogP contribution in [0.4, 0.5) is 10.3 Å². The zero-order chi connectivity index (χ0) is 24.3. The van der Waals surface area contributed by atoms with Crippen molar-refractivity contribution in [3.8, 4) is 28.9 Å². The molecule has 0 radical (unpaired) electrons. The molecule has 0 aliphatic rings. The van der Waals surface area contributed by atoms with E-state index in [1.165, 1.54) is 38.2 Å². The second kappa shape index (κ2) is 9.43. The number of ether oxygens (including phenoxy) is 2. The summed E-state index contributed by atoms with van der Waals surface area (Å²) in [7, 11) is -1.11. The van der Waals surface area contributed by atoms with Crippen LogP contribution in [0.1, 0.15) is 12.7 Å². The van der Waals surface area contributed by atoms with E-state index < -0.39 is 21.1 Å². The lowest BCUT2D eigenvalue weighted by Crippen LogP contribution is -2.29. The van der Waals surface area contributed by atoms with E-state index in [4.69, 9.17) is 13.9 Å². The number of halogens is 1. The first-order valence-corrected chi connectivity index (χ1v) is 11.4. The van der Waals surface area contributed by atoms with Gasteiger partial charge < -0.3 is 13.9 Å². The number of nitrogens with one attached hydrogen (secondary N) is 1. The van der Waals surface area contributed by atoms with E-state index in [0.29, 0.717) is 17.2 Å². The Labute approximate surface area is 193 Å². The quantitative estimate of drug-likeness (QED) is 0.371. The van der Waals surface area contributed by atoms with Crippen LogP contribution in [-0.2, 0) is 16.4 Å². The van der Waals surface area contributed by atoms with E-state index in [9.17, 15) is 12.8 Å². The number of methoxy groups -OCH3 is 2. The average Bonchev–Trinajstić information content (AvgIpc) is 3.49. The SMILES string of the molecule is COc1cccc(OC)c1-n1c(NS(=O)(=O)C(C)Cc2ncc(F)cn2)nnc1-c1ncco1. The molecule has 0 saturated carbocycles. The number of anilines is 1. The third kappa shape index (κ3) is 4.52. The lowest BCUT2D eigenvalue weighted by Gasteiger charge is -2.18. The van der Waals surface area contributed by atoms with Crippen LogP contribution in [0.3, 0.4) is 0 Å². The van der Waals surface area contributed by atoms with Crippen LogP contribution < -0.4 is 14.2 Å². The summed E-state index contributed by atoms with van der Waals surface area (Å²) in [5, 5.41) is 7.10. The standard InChI is InChI=1S/C20H20FN7O5S/c1-12(9-16-23-10-13(21)11-24-16)34(29,30)27-20-26-25-18(19-22-7-8-33-19)28(20)17-14(31-2)5-4-6-15(17)32-3/h4-8,10-12H,9H2,1-3H3,(H,26,27). The maximum atomic E-state index is 13.1. The van der Waals surface area contributed by atoms with Crippen molar-refractivity contribution < 1.29 is 26.7 Å². The maximum Gasteiger partial charge on any atom is 0.265 e. The van der Waals surface area contributed by atoms with Gasteiger partial charge in [-0.1, -0.05) is 6.07 Å². The van der Waals surface area contributed by atoms with Crippen LogP contribution in [0.2, 0.25) is 0 Å². The van der Waals surface area contributed by atoms with Gasteiger partial charge in [-0.3, -0.25) is 4.72 Å². The molecule has 0 spiro atoms. The molecule has 0 amide bonds. The molecule has 4 rings (SSSR count). The fraction of sp³-hybridized carbons (Fsp3) is 0.250. The van der Waals surface area contributed by atoms with Crippen molar-refractivity contribution in [2.75, 3.05) is 18.9 Å². The molecule has 0 aliphatic carbocycles. The van der Waals surface area contributed by atoms with Crippen LogP contribution in [0, 0.1) is 5.82 Å². The van der Waals surface area contributed by atoms with E-state index in [1.807, 2.05) is 0 Å². The van der Waals surface area contributed by atoms with Crippen molar-refractivity contribution in [1.82, 2.24) is 29.7 Å². The molecule has 0 fully saturated rings. The molecule has 1 unspecified atom stereocenters. The van der Waals surface area contributed by atoms with Gasteiger partial charge in [0.25, 0.3) is 5.89 Å². The average molecular weight is 489 g/mol. The summed E-state index contributed by atoms with van der Waals surface area (Å²) in [6.07, 6.45) is 4.66. The highest BCUT2D eigenvalue weighted by Gasteiger charge is 2.29. The van der Waals surface area contributed by atoms with Crippen molar-refractivity contribution in [3.05, 3.63) is 54.7 Å². The minimum atomic E-state index is -4.03. The summed E-state index contributed by atoms with van der Waals surface area (Å²) >= 11 is 0. The van der Waals surface area contributed by atoms with Crippen molar-refractivity contribution in [3.63, 3.8) is 0 Å². The predicted octanol–water partition coefficient (Wildman–Crippen LogP) is 2.24. The molecule has 14 heteroatoms. The molecule has 0 bridgehead atoms. The molecule has 178 valence electrons. The fourth-order valence-corrected chi connectivity index (χ4v) is 4.08. The maximum absolute atomic E-state index is 13.1. The van der Waals surface area contributed by atoms with Crippen molar-refractivity contribution >= 4 is 16.0 Å². The molecule has 1 N–H and O–H groups in total. The molecule has 3 heterocycles. The van der Waals surface area contributed by atoms with E-state index in [-0.39, 0.29) is 29.9 Å². The number of sulfonamides is 1. The van der Waals surface area contributed by atoms with Crippen LogP contribution >= 0.6 is 0 Å². The first-order chi connectivity index (χ1) is 16.3. The Morgan fingerprint density at radius 2 is 1.79 bits per heavy atom. The van der Waals surface area contributed by atoms with Gasteiger partial charge in [0.15, 0.2) is 5.82 Å². The normalized spacial score (nSPS) is 12.4. The molecule has 1 aromatic carbocycles. The molecule has 1 atom stereocenters. The smallest absolute Gasteiger partial charge is 0.265 e. The Bertz CT molecular complexity index is 1350. The van der Waals surface area contributed by atoms with E-state index in [1.54, 1.807) is 18.2 Å². The molecule has 12 nitrogen and oxygen atoms in total. The highest BCUT2D eigenvalue weighted by Crippen LogP contribution is 2.37. The molecule has 0 saturated heterocycles. The highest BCUT2D eigenvalue weighted by molar-refractivity contribution is 7.93. The number of oxazole rings is 1. The Morgan fingerprint density at radius 3 is 2.38 bits per heavy atom. The largest absolute Gasteiger partial charge is 0.494 e. The number of hydrogen-bond donors (Lipinski definition) is 1. The zero-order valence-corrected chi connectivity index (χ0v) is 19.2. The molecule has 34 heavy (non-hydrogen) atoms. The number of aromatic nitrogens is 6. The molecule has 4 aromatic rings. The Morgan fingerprint density at radius 1 is 1.12 bits per heavy atom. The topological polar surface area (TPSA) is 147 Å². The van der Waals surface area contributed by atoms with Gasteiger partial charge in [-0.2, -0.15) is 0 Å². The highest BCUT2D eigenvalue weighted by atomic mass is 32.2. The number of nitrogens with zero attached hydrogens (tertiary/aromatic N) is 6. The van der Waals surface area contributed by atoms with Gasteiger partial charge in [0.2, 0.25) is 21.8 Å². The van der Waals surface area contributed by atoms with Crippen LogP contribution in [0.25, 0.3) is 17.4 Å². The monoisotopic (exact) mass is 489 g/mol. The van der Waals surface area contributed by atoms with Gasteiger partial charge in [0.05, 0.1) is 38.1 Å². The number of para-hydroxylation sites is 1. The van der Waals surface area contributed by atoms with Crippen molar-refractivity contribution in [2.24, 2.45) is 0 Å². The van der Waals surface area contributed by atoms with E-state index in [2.05, 4.69) is 29.9 Å². The second-order valence-electron chi connectivity index (χ2n) is 7.01. The summed E-state index contributed by atoms with van der Waals surface area (Å²) < 4.78 is 59.5. The first-order valence-electron chi connectivity index (χ1n) is 9.88. The third-order valence-corrected chi connectivity index (χ3v) is 6.51. The second-order valence-corrected chi connectivity index (χ2v) is 9.11. The Balaban J connectivity index is 1.77. The van der Waals surface area contributed by atoms with E-state index in [0.717, 1.165) is 12.4 Å². The Kier molecular flexibility index (Phi) is 6.40. The van der Waals surface area contributed by atoms with Gasteiger partial charge in [0, 0.05) is 6.42 Å².